The van der Waals surface area contributed by atoms with Gasteiger partial charge in [-0.2, -0.15) is 0 Å². The molecule has 16 heavy (non-hydrogen) atoms. The predicted molar refractivity (Wildman–Crippen MR) is 68.9 cm³/mol. The van der Waals surface area contributed by atoms with Gasteiger partial charge >= 0.3 is 0 Å². The molecule has 0 aliphatic heterocycles. The molecule has 0 amide bonds. The Bertz CT molecular complexity index is 448. The number of nitrogens with zero attached hydrogens (tertiary/aromatic N) is 2. The predicted octanol–water partition coefficient (Wildman–Crippen LogP) is 3.34. The van der Waals surface area contributed by atoms with Crippen molar-refractivity contribution in [3.8, 4) is 10.6 Å². The molecule has 1 N–H and O–H groups in total. The van der Waals surface area contributed by atoms with Gasteiger partial charge in [-0.05, 0) is 42.5 Å². The summed E-state index contributed by atoms with van der Waals surface area (Å²) in [5.41, 5.74) is 2.21. The number of anilines is 1. The average molecular weight is 233 g/mol. The minimum atomic E-state index is 0.847. The van der Waals surface area contributed by atoms with Crippen LogP contribution in [0.25, 0.3) is 10.6 Å². The summed E-state index contributed by atoms with van der Waals surface area (Å²) in [5, 5.41) is 13.7. The highest BCUT2D eigenvalue weighted by atomic mass is 32.1. The van der Waals surface area contributed by atoms with Crippen molar-refractivity contribution < 1.29 is 0 Å². The van der Waals surface area contributed by atoms with Crippen LogP contribution in [0.3, 0.4) is 0 Å². The second kappa shape index (κ2) is 5.07. The van der Waals surface area contributed by atoms with E-state index in [1.807, 2.05) is 12.1 Å². The molecule has 2 aromatic rings. The first kappa shape index (κ1) is 11.1. The van der Waals surface area contributed by atoms with Crippen LogP contribution in [-0.4, -0.2) is 16.7 Å². The van der Waals surface area contributed by atoms with E-state index < -0.39 is 0 Å². The molecule has 2 aromatic heterocycles. The number of thiophene rings is 1. The van der Waals surface area contributed by atoms with E-state index in [1.165, 1.54) is 10.4 Å². The SMILES string of the molecule is CCCNc1ccc(-c2sccc2C)nn1. The first-order valence-electron chi connectivity index (χ1n) is 5.43. The highest BCUT2D eigenvalue weighted by Crippen LogP contribution is 2.26. The summed E-state index contributed by atoms with van der Waals surface area (Å²) in [7, 11) is 0. The molecule has 0 fully saturated rings. The third kappa shape index (κ3) is 2.39. The van der Waals surface area contributed by atoms with E-state index in [1.54, 1.807) is 11.3 Å². The van der Waals surface area contributed by atoms with E-state index >= 15 is 0 Å². The minimum absolute atomic E-state index is 0.847. The zero-order valence-electron chi connectivity index (χ0n) is 9.53. The van der Waals surface area contributed by atoms with Gasteiger partial charge in [0.25, 0.3) is 0 Å². The highest BCUT2D eigenvalue weighted by Gasteiger charge is 2.05. The van der Waals surface area contributed by atoms with Gasteiger partial charge in [0, 0.05) is 6.54 Å². The second-order valence-corrected chi connectivity index (χ2v) is 4.58. The fraction of sp³-hybridized carbons (Fsp3) is 0.333. The maximum Gasteiger partial charge on any atom is 0.148 e. The van der Waals surface area contributed by atoms with E-state index in [-0.39, 0.29) is 0 Å². The lowest BCUT2D eigenvalue weighted by atomic mass is 10.2. The molecule has 0 saturated carbocycles. The molecule has 0 aliphatic carbocycles. The molecule has 0 aliphatic rings. The van der Waals surface area contributed by atoms with Crippen LogP contribution in [0, 0.1) is 6.92 Å². The molecule has 0 aromatic carbocycles. The van der Waals surface area contributed by atoms with Crippen molar-refractivity contribution in [1.29, 1.82) is 0 Å². The van der Waals surface area contributed by atoms with Crippen LogP contribution in [0.2, 0.25) is 0 Å². The number of aryl methyl sites for hydroxylation is 1. The van der Waals surface area contributed by atoms with Gasteiger partial charge in [-0.3, -0.25) is 0 Å². The van der Waals surface area contributed by atoms with Crippen LogP contribution >= 0.6 is 11.3 Å². The molecule has 0 radical (unpaired) electrons. The molecule has 0 saturated heterocycles. The maximum absolute atomic E-state index is 4.23. The lowest BCUT2D eigenvalue weighted by Crippen LogP contribution is -2.02. The largest absolute Gasteiger partial charge is 0.369 e. The summed E-state index contributed by atoms with van der Waals surface area (Å²) >= 11 is 1.70. The molecule has 2 heterocycles. The third-order valence-electron chi connectivity index (χ3n) is 2.32. The van der Waals surface area contributed by atoms with E-state index in [0.29, 0.717) is 0 Å². The van der Waals surface area contributed by atoms with Gasteiger partial charge < -0.3 is 5.32 Å². The quantitative estimate of drug-likeness (QED) is 0.880. The fourth-order valence-corrected chi connectivity index (χ4v) is 2.33. The minimum Gasteiger partial charge on any atom is -0.369 e. The summed E-state index contributed by atoms with van der Waals surface area (Å²) in [6.07, 6.45) is 1.09. The van der Waals surface area contributed by atoms with Crippen LogP contribution in [0.15, 0.2) is 23.6 Å². The monoisotopic (exact) mass is 233 g/mol. The number of hydrogen-bond acceptors (Lipinski definition) is 4. The number of hydrogen-bond donors (Lipinski definition) is 1. The van der Waals surface area contributed by atoms with Crippen molar-refractivity contribution in [3.63, 3.8) is 0 Å². The number of nitrogens with one attached hydrogen (secondary N) is 1. The Labute approximate surface area is 99.5 Å². The van der Waals surface area contributed by atoms with Gasteiger partial charge in [-0.15, -0.1) is 21.5 Å². The smallest absolute Gasteiger partial charge is 0.148 e. The van der Waals surface area contributed by atoms with E-state index in [9.17, 15) is 0 Å². The lowest BCUT2D eigenvalue weighted by Gasteiger charge is -2.03. The zero-order valence-corrected chi connectivity index (χ0v) is 10.3. The van der Waals surface area contributed by atoms with Crippen LogP contribution in [0.1, 0.15) is 18.9 Å². The standard InChI is InChI=1S/C12H15N3S/c1-3-7-13-11-5-4-10(14-15-11)12-9(2)6-8-16-12/h4-6,8H,3,7H2,1-2H3,(H,13,15). The summed E-state index contributed by atoms with van der Waals surface area (Å²) in [6, 6.07) is 6.10. The molecule has 84 valence electrons. The van der Waals surface area contributed by atoms with Gasteiger partial charge in [0.2, 0.25) is 0 Å². The number of aromatic nitrogens is 2. The van der Waals surface area contributed by atoms with Crippen LogP contribution in [0.5, 0.6) is 0 Å². The lowest BCUT2D eigenvalue weighted by molar-refractivity contribution is 0.946. The maximum atomic E-state index is 4.23. The van der Waals surface area contributed by atoms with Gasteiger partial charge in [0.1, 0.15) is 11.5 Å². The van der Waals surface area contributed by atoms with Crippen molar-refractivity contribution in [1.82, 2.24) is 10.2 Å². The van der Waals surface area contributed by atoms with Gasteiger partial charge in [0.15, 0.2) is 0 Å². The Morgan fingerprint density at radius 1 is 1.25 bits per heavy atom. The van der Waals surface area contributed by atoms with E-state index in [0.717, 1.165) is 24.5 Å². The Kier molecular flexibility index (Phi) is 3.51. The van der Waals surface area contributed by atoms with Gasteiger partial charge in [-0.25, -0.2) is 0 Å². The second-order valence-electron chi connectivity index (χ2n) is 3.66. The Morgan fingerprint density at radius 2 is 2.12 bits per heavy atom. The first-order valence-corrected chi connectivity index (χ1v) is 6.31. The Balaban J connectivity index is 2.16. The van der Waals surface area contributed by atoms with Crippen molar-refractivity contribution >= 4 is 17.2 Å². The first-order chi connectivity index (χ1) is 7.81. The van der Waals surface area contributed by atoms with E-state index in [2.05, 4.69) is 40.8 Å². The third-order valence-corrected chi connectivity index (χ3v) is 3.35. The molecular formula is C12H15N3S. The highest BCUT2D eigenvalue weighted by molar-refractivity contribution is 7.13. The summed E-state index contributed by atoms with van der Waals surface area (Å²) in [5.74, 6) is 0.847. The molecule has 3 nitrogen and oxygen atoms in total. The number of rotatable bonds is 4. The Morgan fingerprint density at radius 3 is 2.69 bits per heavy atom. The molecule has 4 heteroatoms. The topological polar surface area (TPSA) is 37.8 Å². The molecule has 0 atom stereocenters. The summed E-state index contributed by atoms with van der Waals surface area (Å²) < 4.78 is 0. The van der Waals surface area contributed by atoms with E-state index in [4.69, 9.17) is 0 Å². The molecule has 0 bridgehead atoms. The van der Waals surface area contributed by atoms with Crippen molar-refractivity contribution in [3.05, 3.63) is 29.1 Å². The van der Waals surface area contributed by atoms with Crippen molar-refractivity contribution in [2.75, 3.05) is 11.9 Å². The zero-order chi connectivity index (χ0) is 11.4. The van der Waals surface area contributed by atoms with Crippen LogP contribution in [-0.2, 0) is 0 Å². The Hall–Kier alpha value is -1.42. The van der Waals surface area contributed by atoms with Crippen LogP contribution < -0.4 is 5.32 Å². The van der Waals surface area contributed by atoms with Crippen molar-refractivity contribution in [2.45, 2.75) is 20.3 Å². The molecule has 0 unspecified atom stereocenters. The van der Waals surface area contributed by atoms with Gasteiger partial charge in [0.05, 0.1) is 4.88 Å². The molecule has 0 spiro atoms. The van der Waals surface area contributed by atoms with Crippen molar-refractivity contribution in [2.24, 2.45) is 0 Å². The molecule has 2 rings (SSSR count). The normalized spacial score (nSPS) is 10.4. The summed E-state index contributed by atoms with van der Waals surface area (Å²) in [6.45, 7) is 5.16. The van der Waals surface area contributed by atoms with Gasteiger partial charge in [-0.1, -0.05) is 6.92 Å². The summed E-state index contributed by atoms with van der Waals surface area (Å²) in [4.78, 5) is 1.20. The fourth-order valence-electron chi connectivity index (χ4n) is 1.44. The van der Waals surface area contributed by atoms with Crippen LogP contribution in [0.4, 0.5) is 5.82 Å². The molecular weight excluding hydrogens is 218 g/mol. The average Bonchev–Trinajstić information content (AvgIpc) is 2.74.